The molecule has 3 heteroatoms. The van der Waals surface area contributed by atoms with E-state index in [0.29, 0.717) is 6.04 Å². The summed E-state index contributed by atoms with van der Waals surface area (Å²) in [6.07, 6.45) is 2.04. The van der Waals surface area contributed by atoms with Crippen molar-refractivity contribution in [1.29, 1.82) is 0 Å². The second kappa shape index (κ2) is 6.82. The first-order valence-corrected chi connectivity index (χ1v) is 5.43. The summed E-state index contributed by atoms with van der Waals surface area (Å²) >= 11 is 0. The molecule has 0 radical (unpaired) electrons. The molecule has 0 heterocycles. The summed E-state index contributed by atoms with van der Waals surface area (Å²) in [5.41, 5.74) is 0. The van der Waals surface area contributed by atoms with Gasteiger partial charge in [-0.3, -0.25) is 4.79 Å². The lowest BCUT2D eigenvalue weighted by Gasteiger charge is -2.21. The lowest BCUT2D eigenvalue weighted by Crippen LogP contribution is -2.40. The number of carbonyl (C=O) groups is 1. The molecule has 0 rings (SSSR count). The van der Waals surface area contributed by atoms with E-state index in [4.69, 9.17) is 0 Å². The van der Waals surface area contributed by atoms with Crippen molar-refractivity contribution >= 4 is 5.91 Å². The van der Waals surface area contributed by atoms with Gasteiger partial charge in [0.05, 0.1) is 0 Å². The van der Waals surface area contributed by atoms with E-state index >= 15 is 0 Å². The van der Waals surface area contributed by atoms with Crippen molar-refractivity contribution in [3.8, 4) is 0 Å². The summed E-state index contributed by atoms with van der Waals surface area (Å²) in [4.78, 5) is 13.6. The Labute approximate surface area is 87.9 Å². The number of hydrogen-bond donors (Lipinski definition) is 1. The molecule has 0 saturated carbocycles. The van der Waals surface area contributed by atoms with Crippen molar-refractivity contribution in [2.45, 2.75) is 39.7 Å². The Hall–Kier alpha value is -0.570. The predicted octanol–water partition coefficient (Wildman–Crippen LogP) is 1.49. The van der Waals surface area contributed by atoms with Crippen molar-refractivity contribution in [2.24, 2.45) is 5.92 Å². The Kier molecular flexibility index (Phi) is 6.54. The Morgan fingerprint density at radius 3 is 2.36 bits per heavy atom. The van der Waals surface area contributed by atoms with Crippen molar-refractivity contribution in [3.05, 3.63) is 0 Å². The zero-order chi connectivity index (χ0) is 11.1. The SMILES string of the molecule is CCCC(C)C(=O)NCC(C)N(C)C. The average Bonchev–Trinajstić information content (AvgIpc) is 2.13. The van der Waals surface area contributed by atoms with Gasteiger partial charge >= 0.3 is 0 Å². The molecular weight excluding hydrogens is 176 g/mol. The minimum Gasteiger partial charge on any atom is -0.354 e. The fraction of sp³-hybridized carbons (Fsp3) is 0.909. The third-order valence-corrected chi connectivity index (χ3v) is 2.62. The topological polar surface area (TPSA) is 32.3 Å². The zero-order valence-corrected chi connectivity index (χ0v) is 10.1. The fourth-order valence-electron chi connectivity index (χ4n) is 1.17. The molecule has 1 N–H and O–H groups in total. The molecule has 0 fully saturated rings. The Balaban J connectivity index is 3.73. The Morgan fingerprint density at radius 2 is 1.93 bits per heavy atom. The van der Waals surface area contributed by atoms with Crippen LogP contribution in [0.4, 0.5) is 0 Å². The molecule has 2 unspecified atom stereocenters. The maximum absolute atomic E-state index is 11.5. The van der Waals surface area contributed by atoms with Crippen LogP contribution in [0.1, 0.15) is 33.6 Å². The van der Waals surface area contributed by atoms with E-state index < -0.39 is 0 Å². The largest absolute Gasteiger partial charge is 0.354 e. The van der Waals surface area contributed by atoms with E-state index in [1.165, 1.54) is 0 Å². The first-order chi connectivity index (χ1) is 6.49. The molecule has 84 valence electrons. The van der Waals surface area contributed by atoms with E-state index in [0.717, 1.165) is 19.4 Å². The van der Waals surface area contributed by atoms with Crippen LogP contribution in [0.5, 0.6) is 0 Å². The molecule has 0 bridgehead atoms. The van der Waals surface area contributed by atoms with Gasteiger partial charge in [-0.1, -0.05) is 20.3 Å². The van der Waals surface area contributed by atoms with Crippen molar-refractivity contribution in [1.82, 2.24) is 10.2 Å². The number of nitrogens with one attached hydrogen (secondary N) is 1. The normalized spacial score (nSPS) is 15.3. The van der Waals surface area contributed by atoms with Crippen LogP contribution in [0.25, 0.3) is 0 Å². The van der Waals surface area contributed by atoms with Crippen molar-refractivity contribution in [2.75, 3.05) is 20.6 Å². The average molecular weight is 200 g/mol. The van der Waals surface area contributed by atoms with Gasteiger partial charge in [0.15, 0.2) is 0 Å². The van der Waals surface area contributed by atoms with Gasteiger partial charge in [0, 0.05) is 18.5 Å². The molecule has 0 aliphatic rings. The summed E-state index contributed by atoms with van der Waals surface area (Å²) in [5, 5.41) is 2.97. The van der Waals surface area contributed by atoms with Crippen molar-refractivity contribution in [3.63, 3.8) is 0 Å². The van der Waals surface area contributed by atoms with Crippen LogP contribution >= 0.6 is 0 Å². The van der Waals surface area contributed by atoms with Crippen LogP contribution in [0.3, 0.4) is 0 Å². The molecule has 0 aromatic heterocycles. The molecule has 2 atom stereocenters. The Morgan fingerprint density at radius 1 is 1.36 bits per heavy atom. The van der Waals surface area contributed by atoms with E-state index in [-0.39, 0.29) is 11.8 Å². The van der Waals surface area contributed by atoms with Crippen LogP contribution in [-0.2, 0) is 4.79 Å². The van der Waals surface area contributed by atoms with Gasteiger partial charge in [0.25, 0.3) is 0 Å². The summed E-state index contributed by atoms with van der Waals surface area (Å²) in [6, 6.07) is 0.396. The van der Waals surface area contributed by atoms with Gasteiger partial charge in [-0.15, -0.1) is 0 Å². The van der Waals surface area contributed by atoms with Gasteiger partial charge in [0.2, 0.25) is 5.91 Å². The highest BCUT2D eigenvalue weighted by Crippen LogP contribution is 2.04. The molecule has 0 aliphatic carbocycles. The first kappa shape index (κ1) is 13.4. The maximum atomic E-state index is 11.5. The molecule has 0 aromatic rings. The lowest BCUT2D eigenvalue weighted by atomic mass is 10.1. The second-order valence-corrected chi connectivity index (χ2v) is 4.25. The van der Waals surface area contributed by atoms with Crippen LogP contribution in [0.2, 0.25) is 0 Å². The predicted molar refractivity (Wildman–Crippen MR) is 60.2 cm³/mol. The minimum absolute atomic E-state index is 0.148. The zero-order valence-electron chi connectivity index (χ0n) is 10.1. The summed E-state index contributed by atoms with van der Waals surface area (Å²) < 4.78 is 0. The quantitative estimate of drug-likeness (QED) is 0.704. The third-order valence-electron chi connectivity index (χ3n) is 2.62. The van der Waals surface area contributed by atoms with E-state index in [1.807, 2.05) is 21.0 Å². The fourth-order valence-corrected chi connectivity index (χ4v) is 1.17. The van der Waals surface area contributed by atoms with Crippen LogP contribution < -0.4 is 5.32 Å². The number of likely N-dealkylation sites (N-methyl/N-ethyl adjacent to an activating group) is 1. The first-order valence-electron chi connectivity index (χ1n) is 5.43. The molecule has 0 aromatic carbocycles. The van der Waals surface area contributed by atoms with Gasteiger partial charge in [-0.05, 0) is 27.4 Å². The maximum Gasteiger partial charge on any atom is 0.222 e. The van der Waals surface area contributed by atoms with Gasteiger partial charge < -0.3 is 10.2 Å². The van der Waals surface area contributed by atoms with E-state index in [9.17, 15) is 4.79 Å². The summed E-state index contributed by atoms with van der Waals surface area (Å²) in [6.45, 7) is 6.93. The van der Waals surface area contributed by atoms with Crippen LogP contribution in [0, 0.1) is 5.92 Å². The van der Waals surface area contributed by atoms with E-state index in [2.05, 4.69) is 24.1 Å². The molecule has 1 amide bonds. The molecular formula is C11H24N2O. The van der Waals surface area contributed by atoms with Gasteiger partial charge in [-0.25, -0.2) is 0 Å². The molecule has 14 heavy (non-hydrogen) atoms. The standard InChI is InChI=1S/C11H24N2O/c1-6-7-9(2)11(14)12-8-10(3)13(4)5/h9-10H,6-8H2,1-5H3,(H,12,14). The Bertz CT molecular complexity index is 169. The molecule has 3 nitrogen and oxygen atoms in total. The minimum atomic E-state index is 0.148. The number of hydrogen-bond acceptors (Lipinski definition) is 2. The number of rotatable bonds is 6. The van der Waals surface area contributed by atoms with Gasteiger partial charge in [-0.2, -0.15) is 0 Å². The second-order valence-electron chi connectivity index (χ2n) is 4.25. The highest BCUT2D eigenvalue weighted by atomic mass is 16.1. The number of nitrogens with zero attached hydrogens (tertiary/aromatic N) is 1. The summed E-state index contributed by atoms with van der Waals surface area (Å²) in [7, 11) is 4.04. The highest BCUT2D eigenvalue weighted by Gasteiger charge is 2.12. The lowest BCUT2D eigenvalue weighted by molar-refractivity contribution is -0.124. The van der Waals surface area contributed by atoms with Gasteiger partial charge in [0.1, 0.15) is 0 Å². The monoisotopic (exact) mass is 200 g/mol. The van der Waals surface area contributed by atoms with Crippen LogP contribution in [0.15, 0.2) is 0 Å². The summed E-state index contributed by atoms with van der Waals surface area (Å²) in [5.74, 6) is 0.329. The number of amides is 1. The molecule has 0 spiro atoms. The molecule has 0 saturated heterocycles. The van der Waals surface area contributed by atoms with Crippen LogP contribution in [-0.4, -0.2) is 37.5 Å². The number of carbonyl (C=O) groups excluding carboxylic acids is 1. The van der Waals surface area contributed by atoms with E-state index in [1.54, 1.807) is 0 Å². The smallest absolute Gasteiger partial charge is 0.222 e. The third kappa shape index (κ3) is 5.22. The molecule has 0 aliphatic heterocycles. The highest BCUT2D eigenvalue weighted by molar-refractivity contribution is 5.78. The van der Waals surface area contributed by atoms with Crippen molar-refractivity contribution < 1.29 is 4.79 Å².